The van der Waals surface area contributed by atoms with Gasteiger partial charge < -0.3 is 14.6 Å². The second kappa shape index (κ2) is 9.62. The van der Waals surface area contributed by atoms with E-state index in [-0.39, 0.29) is 18.1 Å². The average Bonchev–Trinajstić information content (AvgIpc) is 3.01. The zero-order chi connectivity index (χ0) is 21.7. The molecule has 0 spiro atoms. The van der Waals surface area contributed by atoms with E-state index in [0.717, 1.165) is 17.3 Å². The number of carboxylic acid groups (broad SMARTS) is 1. The van der Waals surface area contributed by atoms with Gasteiger partial charge >= 0.3 is 5.97 Å². The summed E-state index contributed by atoms with van der Waals surface area (Å²) < 4.78 is 23.7. The molecule has 9 heteroatoms. The van der Waals surface area contributed by atoms with Crippen LogP contribution in [-0.2, 0) is 16.0 Å². The van der Waals surface area contributed by atoms with Gasteiger partial charge in [-0.1, -0.05) is 17.8 Å². The highest BCUT2D eigenvalue weighted by atomic mass is 32.2. The number of hydrogen-bond donors (Lipinski definition) is 1. The van der Waals surface area contributed by atoms with Crippen LogP contribution in [0.1, 0.15) is 12.0 Å². The SMILES string of the molecule is COc1ccc(CCN2C(=O)C(CC(=O)O)SC2=Nc2ccc(F)cc2)cc1OC. The Morgan fingerprint density at radius 2 is 1.87 bits per heavy atom. The fourth-order valence-electron chi connectivity index (χ4n) is 2.99. The van der Waals surface area contributed by atoms with Crippen LogP contribution >= 0.6 is 11.8 Å². The average molecular weight is 432 g/mol. The molecule has 1 aliphatic rings. The summed E-state index contributed by atoms with van der Waals surface area (Å²) in [5, 5.41) is 8.77. The molecule has 1 saturated heterocycles. The number of aliphatic carboxylic acids is 1. The molecule has 1 unspecified atom stereocenters. The summed E-state index contributed by atoms with van der Waals surface area (Å²) in [6.07, 6.45) is 0.216. The largest absolute Gasteiger partial charge is 0.493 e. The Balaban J connectivity index is 1.82. The maximum absolute atomic E-state index is 13.2. The first-order chi connectivity index (χ1) is 14.4. The van der Waals surface area contributed by atoms with Gasteiger partial charge in [-0.3, -0.25) is 14.5 Å². The predicted molar refractivity (Wildman–Crippen MR) is 112 cm³/mol. The molecule has 158 valence electrons. The van der Waals surface area contributed by atoms with Crippen molar-refractivity contribution in [1.29, 1.82) is 0 Å². The number of thioether (sulfide) groups is 1. The number of ether oxygens (including phenoxy) is 2. The molecule has 0 bridgehead atoms. The highest BCUT2D eigenvalue weighted by molar-refractivity contribution is 8.15. The number of carboxylic acids is 1. The van der Waals surface area contributed by atoms with Crippen molar-refractivity contribution in [2.75, 3.05) is 20.8 Å². The van der Waals surface area contributed by atoms with E-state index in [1.54, 1.807) is 20.3 Å². The fraction of sp³-hybridized carbons (Fsp3) is 0.286. The monoisotopic (exact) mass is 432 g/mol. The predicted octanol–water partition coefficient (Wildman–Crippen LogP) is 3.49. The minimum absolute atomic E-state index is 0.293. The molecule has 2 aromatic rings. The van der Waals surface area contributed by atoms with Crippen LogP contribution in [-0.4, -0.2) is 53.1 Å². The van der Waals surface area contributed by atoms with Gasteiger partial charge in [-0.05, 0) is 48.4 Å². The van der Waals surface area contributed by atoms with Crippen molar-refractivity contribution in [3.63, 3.8) is 0 Å². The number of hydrogen-bond acceptors (Lipinski definition) is 6. The summed E-state index contributed by atoms with van der Waals surface area (Å²) >= 11 is 1.11. The smallest absolute Gasteiger partial charge is 0.305 e. The van der Waals surface area contributed by atoms with E-state index in [2.05, 4.69) is 4.99 Å². The van der Waals surface area contributed by atoms with Gasteiger partial charge in [0.05, 0.1) is 26.3 Å². The minimum Gasteiger partial charge on any atom is -0.493 e. The second-order valence-electron chi connectivity index (χ2n) is 6.50. The quantitative estimate of drug-likeness (QED) is 0.687. The highest BCUT2D eigenvalue weighted by Crippen LogP contribution is 2.32. The van der Waals surface area contributed by atoms with E-state index < -0.39 is 11.2 Å². The van der Waals surface area contributed by atoms with Crippen LogP contribution < -0.4 is 9.47 Å². The molecule has 0 aliphatic carbocycles. The van der Waals surface area contributed by atoms with Crippen LogP contribution in [0.4, 0.5) is 10.1 Å². The van der Waals surface area contributed by atoms with Gasteiger partial charge in [-0.2, -0.15) is 0 Å². The lowest BCUT2D eigenvalue weighted by molar-refractivity contribution is -0.139. The molecule has 1 N–H and O–H groups in total. The van der Waals surface area contributed by atoms with E-state index in [0.29, 0.717) is 35.3 Å². The molecule has 1 aliphatic heterocycles. The Labute approximate surface area is 177 Å². The van der Waals surface area contributed by atoms with Crippen LogP contribution in [0.15, 0.2) is 47.5 Å². The van der Waals surface area contributed by atoms with Gasteiger partial charge in [0.1, 0.15) is 11.1 Å². The van der Waals surface area contributed by atoms with Crippen molar-refractivity contribution >= 4 is 34.5 Å². The molecule has 1 amide bonds. The molecular formula is C21H21FN2O5S. The van der Waals surface area contributed by atoms with E-state index >= 15 is 0 Å². The number of amides is 1. The Bertz CT molecular complexity index is 964. The first-order valence-corrected chi connectivity index (χ1v) is 10.0. The van der Waals surface area contributed by atoms with Gasteiger partial charge in [-0.15, -0.1) is 0 Å². The summed E-state index contributed by atoms with van der Waals surface area (Å²) in [4.78, 5) is 29.9. The Kier molecular flexibility index (Phi) is 6.94. The normalized spacial score (nSPS) is 17.4. The van der Waals surface area contributed by atoms with Gasteiger partial charge in [0.25, 0.3) is 0 Å². The number of benzene rings is 2. The summed E-state index contributed by atoms with van der Waals surface area (Å²) in [5.41, 5.74) is 1.41. The van der Waals surface area contributed by atoms with E-state index in [9.17, 15) is 14.0 Å². The highest BCUT2D eigenvalue weighted by Gasteiger charge is 2.39. The van der Waals surface area contributed by atoms with Crippen molar-refractivity contribution in [2.45, 2.75) is 18.1 Å². The van der Waals surface area contributed by atoms with Crippen LogP contribution in [0.3, 0.4) is 0 Å². The summed E-state index contributed by atoms with van der Waals surface area (Å²) in [7, 11) is 3.10. The molecule has 0 aromatic heterocycles. The minimum atomic E-state index is -1.05. The van der Waals surface area contributed by atoms with Crippen molar-refractivity contribution in [3.05, 3.63) is 53.8 Å². The van der Waals surface area contributed by atoms with Crippen LogP contribution in [0.5, 0.6) is 11.5 Å². The Morgan fingerprint density at radius 1 is 1.17 bits per heavy atom. The Hall–Kier alpha value is -3.07. The van der Waals surface area contributed by atoms with E-state index in [4.69, 9.17) is 14.6 Å². The van der Waals surface area contributed by atoms with Crippen LogP contribution in [0, 0.1) is 5.82 Å². The Morgan fingerprint density at radius 3 is 2.50 bits per heavy atom. The van der Waals surface area contributed by atoms with Gasteiger partial charge in [0.2, 0.25) is 5.91 Å². The van der Waals surface area contributed by atoms with Crippen LogP contribution in [0.25, 0.3) is 0 Å². The first kappa shape index (κ1) is 21.6. The lowest BCUT2D eigenvalue weighted by Gasteiger charge is -2.17. The maximum atomic E-state index is 13.2. The molecule has 0 saturated carbocycles. The maximum Gasteiger partial charge on any atom is 0.305 e. The van der Waals surface area contributed by atoms with Gasteiger partial charge in [0.15, 0.2) is 16.7 Å². The molecule has 7 nitrogen and oxygen atoms in total. The summed E-state index contributed by atoms with van der Waals surface area (Å²) in [6, 6.07) is 11.1. The number of methoxy groups -OCH3 is 2. The van der Waals surface area contributed by atoms with Gasteiger partial charge in [-0.25, -0.2) is 9.38 Å². The van der Waals surface area contributed by atoms with Gasteiger partial charge in [0, 0.05) is 6.54 Å². The number of amidine groups is 1. The molecule has 1 heterocycles. The van der Waals surface area contributed by atoms with Crippen molar-refractivity contribution < 1.29 is 28.6 Å². The van der Waals surface area contributed by atoms with E-state index in [1.165, 1.54) is 29.2 Å². The topological polar surface area (TPSA) is 88.4 Å². The molecule has 0 radical (unpaired) electrons. The van der Waals surface area contributed by atoms with Crippen LogP contribution in [0.2, 0.25) is 0 Å². The molecule has 30 heavy (non-hydrogen) atoms. The van der Waals surface area contributed by atoms with Crippen molar-refractivity contribution in [2.24, 2.45) is 4.99 Å². The second-order valence-corrected chi connectivity index (χ2v) is 7.67. The third-order valence-electron chi connectivity index (χ3n) is 4.50. The molecule has 3 rings (SSSR count). The van der Waals surface area contributed by atoms with E-state index in [1.807, 2.05) is 12.1 Å². The molecule has 1 atom stereocenters. The number of carbonyl (C=O) groups is 2. The first-order valence-electron chi connectivity index (χ1n) is 9.16. The zero-order valence-corrected chi connectivity index (χ0v) is 17.3. The number of rotatable bonds is 8. The fourth-order valence-corrected chi connectivity index (χ4v) is 4.17. The third-order valence-corrected chi connectivity index (χ3v) is 5.68. The lowest BCUT2D eigenvalue weighted by Crippen LogP contribution is -2.34. The molecule has 2 aromatic carbocycles. The standard InChI is InChI=1S/C21H21FN2O5S/c1-28-16-8-3-13(11-17(16)29-2)9-10-24-20(27)18(12-19(25)26)30-21(24)23-15-6-4-14(22)5-7-15/h3-8,11,18H,9-10,12H2,1-2H3,(H,25,26). The molecule has 1 fully saturated rings. The summed E-state index contributed by atoms with van der Waals surface area (Å²) in [5.74, 6) is -0.550. The molecular weight excluding hydrogens is 411 g/mol. The summed E-state index contributed by atoms with van der Waals surface area (Å²) in [6.45, 7) is 0.317. The number of halogens is 1. The van der Waals surface area contributed by atoms with Crippen molar-refractivity contribution in [1.82, 2.24) is 4.90 Å². The third kappa shape index (κ3) is 5.10. The number of nitrogens with zero attached hydrogens (tertiary/aromatic N) is 2. The zero-order valence-electron chi connectivity index (χ0n) is 16.5. The number of carbonyl (C=O) groups excluding carboxylic acids is 1. The number of aliphatic imine (C=N–C) groups is 1. The lowest BCUT2D eigenvalue weighted by atomic mass is 10.1. The van der Waals surface area contributed by atoms with Crippen molar-refractivity contribution in [3.8, 4) is 11.5 Å².